The standard InChI is InChI=1S/C26H20BrClN2O5/c27-19-5-1-16(2-6-19)23(31)15-35-26(34)17-3-9-21(10-4-17)29-25(33)18-13-24(32)30(14-18)22-11-7-20(28)8-12-22/h1-12,18H,13-15H2,(H,29,33)/t18-/m0/s1. The monoisotopic (exact) mass is 554 g/mol. The molecule has 9 heteroatoms. The van der Waals surface area contributed by atoms with Gasteiger partial charge in [0.05, 0.1) is 11.5 Å². The molecule has 1 N–H and O–H groups in total. The van der Waals surface area contributed by atoms with E-state index in [9.17, 15) is 19.2 Å². The maximum atomic E-state index is 12.7. The number of hydrogen-bond acceptors (Lipinski definition) is 5. The van der Waals surface area contributed by atoms with Gasteiger partial charge < -0.3 is 15.0 Å². The quantitative estimate of drug-likeness (QED) is 0.322. The van der Waals surface area contributed by atoms with E-state index in [-0.39, 0.29) is 42.7 Å². The Morgan fingerprint density at radius 2 is 1.57 bits per heavy atom. The van der Waals surface area contributed by atoms with Crippen molar-refractivity contribution in [2.24, 2.45) is 5.92 Å². The highest BCUT2D eigenvalue weighted by molar-refractivity contribution is 9.10. The average molecular weight is 556 g/mol. The molecule has 3 aromatic rings. The number of rotatable bonds is 7. The number of carbonyl (C=O) groups is 4. The third-order valence-corrected chi connectivity index (χ3v) is 6.30. The summed E-state index contributed by atoms with van der Waals surface area (Å²) in [6, 6.07) is 19.8. The molecule has 1 atom stereocenters. The second kappa shape index (κ2) is 10.8. The van der Waals surface area contributed by atoms with Crippen LogP contribution < -0.4 is 10.2 Å². The molecule has 2 amide bonds. The number of anilines is 2. The molecular weight excluding hydrogens is 536 g/mol. The lowest BCUT2D eigenvalue weighted by molar-refractivity contribution is -0.122. The van der Waals surface area contributed by atoms with E-state index in [1.807, 2.05) is 0 Å². The van der Waals surface area contributed by atoms with Gasteiger partial charge in [-0.15, -0.1) is 0 Å². The first-order valence-electron chi connectivity index (χ1n) is 10.7. The van der Waals surface area contributed by atoms with Crippen molar-refractivity contribution in [1.29, 1.82) is 0 Å². The number of benzene rings is 3. The van der Waals surface area contributed by atoms with Gasteiger partial charge in [0.2, 0.25) is 11.8 Å². The molecule has 0 radical (unpaired) electrons. The molecule has 4 rings (SSSR count). The molecule has 1 aliphatic rings. The largest absolute Gasteiger partial charge is 0.454 e. The molecule has 0 aromatic heterocycles. The van der Waals surface area contributed by atoms with Gasteiger partial charge in [-0.2, -0.15) is 0 Å². The summed E-state index contributed by atoms with van der Waals surface area (Å²) in [4.78, 5) is 51.1. The molecule has 0 bridgehead atoms. The summed E-state index contributed by atoms with van der Waals surface area (Å²) in [7, 11) is 0. The van der Waals surface area contributed by atoms with Gasteiger partial charge in [0.25, 0.3) is 0 Å². The number of carbonyl (C=O) groups excluding carboxylic acids is 4. The number of hydrogen-bond donors (Lipinski definition) is 1. The second-order valence-electron chi connectivity index (χ2n) is 7.95. The Hall–Kier alpha value is -3.49. The summed E-state index contributed by atoms with van der Waals surface area (Å²) in [6.07, 6.45) is 0.102. The van der Waals surface area contributed by atoms with Crippen LogP contribution in [0.4, 0.5) is 11.4 Å². The summed E-state index contributed by atoms with van der Waals surface area (Å²) in [6.45, 7) is -0.109. The molecule has 1 fully saturated rings. The van der Waals surface area contributed by atoms with Crippen LogP contribution in [-0.4, -0.2) is 36.7 Å². The first kappa shape index (κ1) is 24.6. The summed E-state index contributed by atoms with van der Waals surface area (Å²) >= 11 is 9.20. The van der Waals surface area contributed by atoms with Gasteiger partial charge in [0.15, 0.2) is 12.4 Å². The lowest BCUT2D eigenvalue weighted by Gasteiger charge is -2.16. The van der Waals surface area contributed by atoms with Gasteiger partial charge >= 0.3 is 5.97 Å². The fourth-order valence-electron chi connectivity index (χ4n) is 3.62. The molecule has 0 saturated carbocycles. The summed E-state index contributed by atoms with van der Waals surface area (Å²) < 4.78 is 5.96. The maximum absolute atomic E-state index is 12.7. The molecular formula is C26H20BrClN2O5. The van der Waals surface area contributed by atoms with Crippen LogP contribution in [0.1, 0.15) is 27.1 Å². The van der Waals surface area contributed by atoms with E-state index in [2.05, 4.69) is 21.2 Å². The third kappa shape index (κ3) is 6.15. The Morgan fingerprint density at radius 1 is 0.943 bits per heavy atom. The van der Waals surface area contributed by atoms with Gasteiger partial charge in [-0.05, 0) is 60.7 Å². The fourth-order valence-corrected chi connectivity index (χ4v) is 4.01. The molecule has 3 aromatic carbocycles. The topological polar surface area (TPSA) is 92.8 Å². The zero-order chi connectivity index (χ0) is 24.9. The lowest BCUT2D eigenvalue weighted by Crippen LogP contribution is -2.28. The van der Waals surface area contributed by atoms with Crippen molar-refractivity contribution in [3.63, 3.8) is 0 Å². The number of nitrogens with one attached hydrogen (secondary N) is 1. The van der Waals surface area contributed by atoms with Crippen LogP contribution in [0.5, 0.6) is 0 Å². The first-order chi connectivity index (χ1) is 16.8. The Bertz CT molecular complexity index is 1260. The van der Waals surface area contributed by atoms with Crippen molar-refractivity contribution < 1.29 is 23.9 Å². The van der Waals surface area contributed by atoms with Crippen LogP contribution in [0, 0.1) is 5.92 Å². The van der Waals surface area contributed by atoms with Crippen molar-refractivity contribution in [2.45, 2.75) is 6.42 Å². The van der Waals surface area contributed by atoms with Crippen LogP contribution in [0.2, 0.25) is 5.02 Å². The molecule has 0 unspecified atom stereocenters. The number of nitrogens with zero attached hydrogens (tertiary/aromatic N) is 1. The third-order valence-electron chi connectivity index (χ3n) is 5.52. The van der Waals surface area contributed by atoms with Gasteiger partial charge in [-0.1, -0.05) is 39.7 Å². The molecule has 7 nitrogen and oxygen atoms in total. The zero-order valence-electron chi connectivity index (χ0n) is 18.4. The maximum Gasteiger partial charge on any atom is 0.338 e. The molecule has 1 saturated heterocycles. The first-order valence-corrected chi connectivity index (χ1v) is 11.9. The van der Waals surface area contributed by atoms with Crippen molar-refractivity contribution in [3.05, 3.63) is 93.4 Å². The highest BCUT2D eigenvalue weighted by Gasteiger charge is 2.35. The highest BCUT2D eigenvalue weighted by atomic mass is 79.9. The molecule has 0 spiro atoms. The number of esters is 1. The van der Waals surface area contributed by atoms with Crippen LogP contribution in [0.15, 0.2) is 77.3 Å². The number of ketones is 1. The fraction of sp³-hybridized carbons (Fsp3) is 0.154. The van der Waals surface area contributed by atoms with Crippen LogP contribution in [-0.2, 0) is 14.3 Å². The Balaban J connectivity index is 1.30. The minimum Gasteiger partial charge on any atom is -0.454 e. The molecule has 178 valence electrons. The van der Waals surface area contributed by atoms with Gasteiger partial charge in [-0.3, -0.25) is 14.4 Å². The predicted octanol–water partition coefficient (Wildman–Crippen LogP) is 5.13. The molecule has 1 heterocycles. The van der Waals surface area contributed by atoms with Gasteiger partial charge in [0, 0.05) is 39.4 Å². The number of Topliss-reactive ketones (excluding diaryl/α,β-unsaturated/α-hetero) is 1. The van der Waals surface area contributed by atoms with Crippen LogP contribution in [0.25, 0.3) is 0 Å². The molecule has 1 aliphatic heterocycles. The van der Waals surface area contributed by atoms with E-state index >= 15 is 0 Å². The summed E-state index contributed by atoms with van der Waals surface area (Å²) in [5.41, 5.74) is 1.86. The van der Waals surface area contributed by atoms with E-state index in [4.69, 9.17) is 16.3 Å². The molecule has 35 heavy (non-hydrogen) atoms. The van der Waals surface area contributed by atoms with E-state index < -0.39 is 11.9 Å². The zero-order valence-corrected chi connectivity index (χ0v) is 20.7. The SMILES string of the molecule is O=C(COC(=O)c1ccc(NC(=O)[C@H]2CC(=O)N(c3ccc(Cl)cc3)C2)cc1)c1ccc(Br)cc1. The summed E-state index contributed by atoms with van der Waals surface area (Å²) in [5.74, 6) is -1.89. The summed E-state index contributed by atoms with van der Waals surface area (Å²) in [5, 5.41) is 3.35. The Morgan fingerprint density at radius 3 is 2.23 bits per heavy atom. The molecule has 0 aliphatic carbocycles. The normalized spacial score (nSPS) is 15.1. The predicted molar refractivity (Wildman–Crippen MR) is 136 cm³/mol. The van der Waals surface area contributed by atoms with Crippen molar-refractivity contribution in [2.75, 3.05) is 23.4 Å². The van der Waals surface area contributed by atoms with E-state index in [1.54, 1.807) is 65.6 Å². The Kier molecular flexibility index (Phi) is 7.63. The lowest BCUT2D eigenvalue weighted by atomic mass is 10.1. The van der Waals surface area contributed by atoms with Crippen LogP contribution >= 0.6 is 27.5 Å². The number of amides is 2. The smallest absolute Gasteiger partial charge is 0.338 e. The van der Waals surface area contributed by atoms with Crippen LogP contribution in [0.3, 0.4) is 0 Å². The van der Waals surface area contributed by atoms with Crippen molar-refractivity contribution in [1.82, 2.24) is 0 Å². The highest BCUT2D eigenvalue weighted by Crippen LogP contribution is 2.27. The van der Waals surface area contributed by atoms with E-state index in [0.717, 1.165) is 4.47 Å². The van der Waals surface area contributed by atoms with E-state index in [1.165, 1.54) is 12.1 Å². The van der Waals surface area contributed by atoms with Gasteiger partial charge in [0.1, 0.15) is 0 Å². The number of ether oxygens (including phenoxy) is 1. The van der Waals surface area contributed by atoms with Crippen molar-refractivity contribution >= 4 is 62.5 Å². The second-order valence-corrected chi connectivity index (χ2v) is 9.31. The van der Waals surface area contributed by atoms with Crippen molar-refractivity contribution in [3.8, 4) is 0 Å². The average Bonchev–Trinajstić information content (AvgIpc) is 3.25. The minimum atomic E-state index is -0.645. The minimum absolute atomic E-state index is 0.102. The number of halogens is 2. The van der Waals surface area contributed by atoms with Gasteiger partial charge in [-0.25, -0.2) is 4.79 Å². The van der Waals surface area contributed by atoms with E-state index in [0.29, 0.717) is 22.0 Å². The Labute approximate surface area is 215 Å².